The lowest BCUT2D eigenvalue weighted by Crippen LogP contribution is -2.38. The fourth-order valence-corrected chi connectivity index (χ4v) is 5.67. The number of nitrogens with one attached hydrogen (secondary N) is 1. The second-order valence-corrected chi connectivity index (χ2v) is 9.84. The Kier molecular flexibility index (Phi) is 5.86. The second kappa shape index (κ2) is 7.91. The summed E-state index contributed by atoms with van der Waals surface area (Å²) < 4.78 is 31.1. The number of nitrogens with zero attached hydrogens (tertiary/aromatic N) is 5. The molecule has 0 spiro atoms. The van der Waals surface area contributed by atoms with Crippen LogP contribution in [0.25, 0.3) is 0 Å². The van der Waals surface area contributed by atoms with E-state index in [0.29, 0.717) is 36.1 Å². The van der Waals surface area contributed by atoms with Crippen molar-refractivity contribution in [3.63, 3.8) is 0 Å². The minimum Gasteiger partial charge on any atom is -0.321 e. The van der Waals surface area contributed by atoms with Gasteiger partial charge in [0.25, 0.3) is 0 Å². The van der Waals surface area contributed by atoms with Crippen LogP contribution in [0.3, 0.4) is 0 Å². The molecule has 1 N–H and O–H groups in total. The van der Waals surface area contributed by atoms with E-state index in [9.17, 15) is 13.2 Å². The van der Waals surface area contributed by atoms with Crippen LogP contribution in [0.15, 0.2) is 4.90 Å². The average molecular weight is 423 g/mol. The Morgan fingerprint density at radius 1 is 1.07 bits per heavy atom. The van der Waals surface area contributed by atoms with Gasteiger partial charge in [-0.1, -0.05) is 6.92 Å². The van der Waals surface area contributed by atoms with Gasteiger partial charge in [-0.3, -0.25) is 14.2 Å². The van der Waals surface area contributed by atoms with Crippen molar-refractivity contribution in [2.45, 2.75) is 58.9 Å². The van der Waals surface area contributed by atoms with Gasteiger partial charge in [0.2, 0.25) is 15.9 Å². The quantitative estimate of drug-likeness (QED) is 0.793. The third-order valence-corrected chi connectivity index (χ3v) is 7.87. The van der Waals surface area contributed by atoms with Gasteiger partial charge in [-0.2, -0.15) is 14.5 Å². The van der Waals surface area contributed by atoms with Crippen molar-refractivity contribution in [3.8, 4) is 0 Å². The number of amides is 1. The van der Waals surface area contributed by atoms with Crippen molar-refractivity contribution in [2.24, 2.45) is 13.0 Å². The van der Waals surface area contributed by atoms with Crippen LogP contribution in [0.1, 0.15) is 42.5 Å². The highest BCUT2D eigenvalue weighted by molar-refractivity contribution is 7.89. The van der Waals surface area contributed by atoms with Gasteiger partial charge in [-0.15, -0.1) is 0 Å². The molecule has 0 unspecified atom stereocenters. The maximum absolute atomic E-state index is 13.2. The van der Waals surface area contributed by atoms with E-state index in [2.05, 4.69) is 22.4 Å². The summed E-state index contributed by atoms with van der Waals surface area (Å²) in [4.78, 5) is 12.8. The molecule has 0 aromatic carbocycles. The molecule has 3 heterocycles. The summed E-state index contributed by atoms with van der Waals surface area (Å²) in [6.07, 6.45) is 1.72. The Labute approximate surface area is 172 Å². The van der Waals surface area contributed by atoms with Gasteiger partial charge < -0.3 is 5.32 Å². The first kappa shape index (κ1) is 21.5. The Morgan fingerprint density at radius 2 is 1.69 bits per heavy atom. The van der Waals surface area contributed by atoms with E-state index in [1.807, 2.05) is 20.9 Å². The topological polar surface area (TPSA) is 102 Å². The zero-order valence-electron chi connectivity index (χ0n) is 18.0. The normalized spacial score (nSPS) is 16.3. The molecule has 3 rings (SSSR count). The van der Waals surface area contributed by atoms with Crippen molar-refractivity contribution in [3.05, 3.63) is 22.8 Å². The number of hydrogen-bond donors (Lipinski definition) is 1. The first-order chi connectivity index (χ1) is 13.5. The Balaban J connectivity index is 1.81. The number of piperidine rings is 1. The van der Waals surface area contributed by atoms with Crippen LogP contribution in [-0.2, 0) is 28.4 Å². The van der Waals surface area contributed by atoms with Gasteiger partial charge in [0.05, 0.1) is 28.5 Å². The van der Waals surface area contributed by atoms with Crippen LogP contribution < -0.4 is 5.32 Å². The molecule has 1 amide bonds. The molecule has 0 saturated carbocycles. The number of sulfonamides is 1. The predicted octanol–water partition coefficient (Wildman–Crippen LogP) is 1.91. The van der Waals surface area contributed by atoms with Crippen LogP contribution in [0, 0.1) is 33.6 Å². The summed E-state index contributed by atoms with van der Waals surface area (Å²) in [6.45, 7) is 10.2. The van der Waals surface area contributed by atoms with Gasteiger partial charge >= 0.3 is 0 Å². The minimum absolute atomic E-state index is 0.0625. The van der Waals surface area contributed by atoms with Crippen LogP contribution in [0.2, 0.25) is 0 Å². The van der Waals surface area contributed by atoms with Crippen LogP contribution in [0.5, 0.6) is 0 Å². The van der Waals surface area contributed by atoms with Crippen LogP contribution in [0.4, 0.5) is 5.69 Å². The van der Waals surface area contributed by atoms with Crippen molar-refractivity contribution in [2.75, 3.05) is 18.4 Å². The number of anilines is 1. The molecule has 1 aliphatic rings. The number of hydrogen-bond acceptors (Lipinski definition) is 5. The van der Waals surface area contributed by atoms with Crippen molar-refractivity contribution in [1.29, 1.82) is 0 Å². The summed E-state index contributed by atoms with van der Waals surface area (Å²) in [5.41, 5.74) is 3.16. The molecule has 0 aliphatic carbocycles. The summed E-state index contributed by atoms with van der Waals surface area (Å²) >= 11 is 0. The maximum Gasteiger partial charge on any atom is 0.246 e. The van der Waals surface area contributed by atoms with Gasteiger partial charge in [0.15, 0.2) is 0 Å². The number of rotatable bonds is 5. The van der Waals surface area contributed by atoms with Crippen LogP contribution in [-0.4, -0.2) is 51.3 Å². The summed E-state index contributed by atoms with van der Waals surface area (Å²) in [6, 6.07) is 0. The molecule has 2 aromatic heterocycles. The lowest BCUT2D eigenvalue weighted by Gasteiger charge is -2.29. The zero-order valence-corrected chi connectivity index (χ0v) is 18.8. The van der Waals surface area contributed by atoms with Crippen molar-refractivity contribution >= 4 is 21.6 Å². The average Bonchev–Trinajstić information content (AvgIpc) is 3.05. The summed E-state index contributed by atoms with van der Waals surface area (Å²) in [7, 11) is -1.81. The Hall–Kier alpha value is -2.20. The number of carbonyl (C=O) groups is 1. The fraction of sp³-hybridized carbons (Fsp3) is 0.632. The monoisotopic (exact) mass is 422 g/mol. The number of carbonyl (C=O) groups excluding carboxylic acids is 1. The summed E-state index contributed by atoms with van der Waals surface area (Å²) in [5, 5.41) is 11.5. The lowest BCUT2D eigenvalue weighted by molar-refractivity contribution is -0.117. The first-order valence-corrected chi connectivity index (χ1v) is 11.3. The van der Waals surface area contributed by atoms with E-state index in [1.54, 1.807) is 18.5 Å². The molecule has 9 nitrogen and oxygen atoms in total. The van der Waals surface area contributed by atoms with Gasteiger partial charge in [0, 0.05) is 20.1 Å². The van der Waals surface area contributed by atoms with Crippen molar-refractivity contribution in [1.82, 2.24) is 23.9 Å². The number of aromatic nitrogens is 4. The Bertz CT molecular complexity index is 1030. The summed E-state index contributed by atoms with van der Waals surface area (Å²) in [5.74, 6) is 0.264. The van der Waals surface area contributed by atoms with Gasteiger partial charge in [-0.25, -0.2) is 8.42 Å². The van der Waals surface area contributed by atoms with E-state index in [-0.39, 0.29) is 17.3 Å². The molecule has 1 fully saturated rings. The first-order valence-electron chi connectivity index (χ1n) is 9.86. The molecule has 1 aliphatic heterocycles. The van der Waals surface area contributed by atoms with Gasteiger partial charge in [-0.05, 0) is 46.5 Å². The standard InChI is InChI=1S/C19H30N6O3S/c1-12-7-9-24(10-8-12)29(27,28)19-14(3)22-25(16(19)5)11-17(26)20-18-13(2)21-23(6)15(18)4/h12H,7-11H2,1-6H3,(H,20,26). The smallest absolute Gasteiger partial charge is 0.246 e. The van der Waals surface area contributed by atoms with E-state index >= 15 is 0 Å². The molecule has 0 bridgehead atoms. The third kappa shape index (κ3) is 4.09. The minimum atomic E-state index is -3.63. The van der Waals surface area contributed by atoms with E-state index in [4.69, 9.17) is 0 Å². The lowest BCUT2D eigenvalue weighted by atomic mass is 10.0. The van der Waals surface area contributed by atoms with Gasteiger partial charge in [0.1, 0.15) is 11.4 Å². The second-order valence-electron chi connectivity index (χ2n) is 7.96. The van der Waals surface area contributed by atoms with E-state index < -0.39 is 10.0 Å². The largest absolute Gasteiger partial charge is 0.321 e. The fourth-order valence-electron chi connectivity index (χ4n) is 3.83. The number of aryl methyl sites for hydroxylation is 3. The van der Waals surface area contributed by atoms with E-state index in [1.165, 1.54) is 8.99 Å². The molecule has 2 aromatic rings. The molecule has 1 saturated heterocycles. The molecular weight excluding hydrogens is 392 g/mol. The molecule has 0 radical (unpaired) electrons. The Morgan fingerprint density at radius 3 is 2.24 bits per heavy atom. The SMILES string of the molecule is Cc1nn(C)c(C)c1NC(=O)Cn1nc(C)c(S(=O)(=O)N2CCC(C)CC2)c1C. The molecular formula is C19H30N6O3S. The highest BCUT2D eigenvalue weighted by Gasteiger charge is 2.33. The highest BCUT2D eigenvalue weighted by Crippen LogP contribution is 2.27. The maximum atomic E-state index is 13.2. The third-order valence-electron chi connectivity index (χ3n) is 5.72. The molecule has 160 valence electrons. The predicted molar refractivity (Wildman–Crippen MR) is 110 cm³/mol. The van der Waals surface area contributed by atoms with Crippen LogP contribution >= 0.6 is 0 Å². The van der Waals surface area contributed by atoms with E-state index in [0.717, 1.165) is 24.2 Å². The molecule has 10 heteroatoms. The molecule has 29 heavy (non-hydrogen) atoms. The zero-order chi connectivity index (χ0) is 21.5. The van der Waals surface area contributed by atoms with Crippen molar-refractivity contribution < 1.29 is 13.2 Å². The highest BCUT2D eigenvalue weighted by atomic mass is 32.2. The molecule has 0 atom stereocenters.